The molecule has 0 saturated carbocycles. The van der Waals surface area contributed by atoms with Gasteiger partial charge in [0.15, 0.2) is 5.78 Å². The molecule has 21 heavy (non-hydrogen) atoms. The minimum absolute atomic E-state index is 0.107. The first kappa shape index (κ1) is 12.5. The summed E-state index contributed by atoms with van der Waals surface area (Å²) in [6, 6.07) is 18.1. The number of hydrogen-bond donors (Lipinski definition) is 0. The summed E-state index contributed by atoms with van der Waals surface area (Å²) in [5, 5.41) is 0. The maximum absolute atomic E-state index is 12.8. The Balaban J connectivity index is 1.96. The van der Waals surface area contributed by atoms with Crippen molar-refractivity contribution in [3.8, 4) is 0 Å². The van der Waals surface area contributed by atoms with Crippen LogP contribution >= 0.6 is 0 Å². The maximum Gasteiger partial charge on any atom is 0.199 e. The zero-order valence-corrected chi connectivity index (χ0v) is 11.7. The average molecular weight is 276 g/mol. The minimum Gasteiger partial charge on any atom is -0.363 e. The first-order valence-electron chi connectivity index (χ1n) is 7.37. The molecule has 0 amide bonds. The number of carbonyl (C=O) groups excluding carboxylic acids is 1. The zero-order valence-electron chi connectivity index (χ0n) is 11.7. The molecular weight excluding hydrogens is 260 g/mol. The minimum atomic E-state index is -0.750. The molecule has 0 unspecified atom stereocenters. The van der Waals surface area contributed by atoms with Gasteiger partial charge in [0.2, 0.25) is 0 Å². The van der Waals surface area contributed by atoms with E-state index in [4.69, 9.17) is 4.74 Å². The van der Waals surface area contributed by atoms with Crippen LogP contribution in [0, 0.1) is 0 Å². The first-order valence-corrected chi connectivity index (χ1v) is 7.37. The second-order valence-electron chi connectivity index (χ2n) is 5.64. The molecule has 1 heterocycles. The normalized spacial score (nSPS) is 24.0. The standard InChI is InChI=1S/C19H16O2/c20-18-16-10-5-4-9-15(16)17(14-7-2-1-3-8-14)13-19(18)11-6-12-21-19/h1-5,7-10,13H,6,11-12H2/t19-/m1/s1. The van der Waals surface area contributed by atoms with E-state index in [0.717, 1.165) is 35.1 Å². The van der Waals surface area contributed by atoms with E-state index in [1.807, 2.05) is 48.5 Å². The molecule has 0 N–H and O–H groups in total. The van der Waals surface area contributed by atoms with Gasteiger partial charge in [0.25, 0.3) is 0 Å². The number of Topliss-reactive ketones (excluding diaryl/α,β-unsaturated/α-hetero) is 1. The molecule has 4 rings (SSSR count). The van der Waals surface area contributed by atoms with Gasteiger partial charge in [-0.1, -0.05) is 54.6 Å². The fourth-order valence-corrected chi connectivity index (χ4v) is 3.33. The van der Waals surface area contributed by atoms with Gasteiger partial charge in [-0.05, 0) is 35.6 Å². The van der Waals surface area contributed by atoms with Crippen LogP contribution in [0.4, 0.5) is 0 Å². The van der Waals surface area contributed by atoms with E-state index in [0.29, 0.717) is 6.61 Å². The summed E-state index contributed by atoms with van der Waals surface area (Å²) in [5.41, 5.74) is 3.27. The monoisotopic (exact) mass is 276 g/mol. The highest BCUT2D eigenvalue weighted by Gasteiger charge is 2.45. The molecule has 0 bridgehead atoms. The van der Waals surface area contributed by atoms with Crippen LogP contribution in [0.15, 0.2) is 60.7 Å². The van der Waals surface area contributed by atoms with Crippen molar-refractivity contribution in [1.82, 2.24) is 0 Å². The fourth-order valence-electron chi connectivity index (χ4n) is 3.33. The van der Waals surface area contributed by atoms with Crippen LogP contribution < -0.4 is 0 Å². The van der Waals surface area contributed by atoms with E-state index >= 15 is 0 Å². The molecule has 2 nitrogen and oxygen atoms in total. The topological polar surface area (TPSA) is 26.3 Å². The summed E-state index contributed by atoms with van der Waals surface area (Å²) in [4.78, 5) is 12.8. The van der Waals surface area contributed by atoms with Crippen molar-refractivity contribution in [3.63, 3.8) is 0 Å². The lowest BCUT2D eigenvalue weighted by molar-refractivity contribution is 0.0351. The molecule has 2 aromatic carbocycles. The van der Waals surface area contributed by atoms with Gasteiger partial charge in [0.1, 0.15) is 5.60 Å². The van der Waals surface area contributed by atoms with Crippen LogP contribution in [0.25, 0.3) is 5.57 Å². The van der Waals surface area contributed by atoms with E-state index < -0.39 is 5.60 Å². The smallest absolute Gasteiger partial charge is 0.199 e. The average Bonchev–Trinajstić information content (AvgIpc) is 3.02. The van der Waals surface area contributed by atoms with E-state index in [-0.39, 0.29) is 5.78 Å². The Kier molecular flexibility index (Phi) is 2.79. The molecule has 1 aliphatic heterocycles. The summed E-state index contributed by atoms with van der Waals surface area (Å²) in [6.07, 6.45) is 3.75. The van der Waals surface area contributed by atoms with Gasteiger partial charge in [-0.2, -0.15) is 0 Å². The predicted octanol–water partition coefficient (Wildman–Crippen LogP) is 3.86. The number of rotatable bonds is 1. The molecule has 1 saturated heterocycles. The van der Waals surface area contributed by atoms with E-state index in [2.05, 4.69) is 12.1 Å². The van der Waals surface area contributed by atoms with Gasteiger partial charge in [-0.15, -0.1) is 0 Å². The van der Waals surface area contributed by atoms with E-state index in [1.165, 1.54) is 0 Å². The molecule has 2 heteroatoms. The summed E-state index contributed by atoms with van der Waals surface area (Å²) in [6.45, 7) is 0.659. The molecule has 2 aliphatic rings. The van der Waals surface area contributed by atoms with Crippen molar-refractivity contribution in [3.05, 3.63) is 77.4 Å². The quantitative estimate of drug-likeness (QED) is 0.790. The van der Waals surface area contributed by atoms with Gasteiger partial charge in [0.05, 0.1) is 0 Å². The second kappa shape index (κ2) is 4.68. The van der Waals surface area contributed by atoms with E-state index in [9.17, 15) is 4.79 Å². The zero-order chi connectivity index (χ0) is 14.3. The van der Waals surface area contributed by atoms with Crippen molar-refractivity contribution in [2.45, 2.75) is 18.4 Å². The van der Waals surface area contributed by atoms with Gasteiger partial charge in [0, 0.05) is 12.2 Å². The Labute approximate surface area is 124 Å². The van der Waals surface area contributed by atoms with Crippen molar-refractivity contribution >= 4 is 11.4 Å². The highest BCUT2D eigenvalue weighted by Crippen LogP contribution is 2.41. The largest absolute Gasteiger partial charge is 0.363 e. The third-order valence-electron chi connectivity index (χ3n) is 4.36. The number of ether oxygens (including phenoxy) is 1. The number of carbonyl (C=O) groups is 1. The summed E-state index contributed by atoms with van der Waals surface area (Å²) in [5.74, 6) is 0.107. The number of benzene rings is 2. The third-order valence-corrected chi connectivity index (χ3v) is 4.36. The van der Waals surface area contributed by atoms with Gasteiger partial charge < -0.3 is 4.74 Å². The Hall–Kier alpha value is -2.19. The Morgan fingerprint density at radius 3 is 2.33 bits per heavy atom. The lowest BCUT2D eigenvalue weighted by Crippen LogP contribution is -2.39. The van der Waals surface area contributed by atoms with Gasteiger partial charge in [-0.3, -0.25) is 4.79 Å². The van der Waals surface area contributed by atoms with Crippen LogP contribution in [0.1, 0.15) is 34.3 Å². The molecule has 0 radical (unpaired) electrons. The summed E-state index contributed by atoms with van der Waals surface area (Å²) >= 11 is 0. The Morgan fingerprint density at radius 1 is 0.905 bits per heavy atom. The Bertz CT molecular complexity index is 722. The second-order valence-corrected chi connectivity index (χ2v) is 5.64. The third kappa shape index (κ3) is 1.87. The lowest BCUT2D eigenvalue weighted by Gasteiger charge is -2.30. The highest BCUT2D eigenvalue weighted by atomic mass is 16.5. The molecular formula is C19H16O2. The molecule has 2 aromatic rings. The van der Waals surface area contributed by atoms with Crippen LogP contribution in [0.2, 0.25) is 0 Å². The van der Waals surface area contributed by atoms with Crippen LogP contribution in [0.5, 0.6) is 0 Å². The van der Waals surface area contributed by atoms with Crippen LogP contribution in [-0.4, -0.2) is 18.0 Å². The molecule has 1 aliphatic carbocycles. The van der Waals surface area contributed by atoms with Crippen molar-refractivity contribution in [1.29, 1.82) is 0 Å². The molecule has 1 spiro atoms. The predicted molar refractivity (Wildman–Crippen MR) is 82.2 cm³/mol. The van der Waals surface area contributed by atoms with Crippen molar-refractivity contribution < 1.29 is 9.53 Å². The van der Waals surface area contributed by atoms with Crippen LogP contribution in [0.3, 0.4) is 0 Å². The van der Waals surface area contributed by atoms with Gasteiger partial charge in [-0.25, -0.2) is 0 Å². The molecule has 104 valence electrons. The Morgan fingerprint density at radius 2 is 1.62 bits per heavy atom. The number of fused-ring (bicyclic) bond motifs is 1. The molecule has 0 aromatic heterocycles. The lowest BCUT2D eigenvalue weighted by atomic mass is 9.77. The summed E-state index contributed by atoms with van der Waals surface area (Å²) in [7, 11) is 0. The summed E-state index contributed by atoms with van der Waals surface area (Å²) < 4.78 is 5.88. The SMILES string of the molecule is O=C1c2ccccc2C(c2ccccc2)=C[C@]12CCCO2. The van der Waals surface area contributed by atoms with Gasteiger partial charge >= 0.3 is 0 Å². The molecule has 1 fully saturated rings. The van der Waals surface area contributed by atoms with Crippen molar-refractivity contribution in [2.24, 2.45) is 0 Å². The van der Waals surface area contributed by atoms with Crippen LogP contribution in [-0.2, 0) is 4.74 Å². The number of ketones is 1. The van der Waals surface area contributed by atoms with E-state index in [1.54, 1.807) is 0 Å². The van der Waals surface area contributed by atoms with Crippen molar-refractivity contribution in [2.75, 3.05) is 6.61 Å². The number of hydrogen-bond acceptors (Lipinski definition) is 2. The highest BCUT2D eigenvalue weighted by molar-refractivity contribution is 6.12. The molecule has 1 atom stereocenters. The maximum atomic E-state index is 12.8. The fraction of sp³-hybridized carbons (Fsp3) is 0.211. The first-order chi connectivity index (χ1) is 10.3.